The largest absolute Gasteiger partial charge is 0.461 e. The first kappa shape index (κ1) is 32.4. The summed E-state index contributed by atoms with van der Waals surface area (Å²) in [6.45, 7) is 6.83. The standard InChI is InChI=1S/C32H31F6N7O2S/c1-3-22(46)43-9-10-45(16(2)13-43)28-19-11-20(32(36,37)38)23(18-5-6-21(34)27-26(18)40-29(39)48-27)24(35)25(19)41-30(42-28)47-15-31-7-4-8-44(31)14-17(33)12-31/h3,5-6,11,16-17H,1,4,7-10,12-15H2,2H3,(H2,39,40)/t16-,17-,31-/m1/s1. The second-order valence-electron chi connectivity index (χ2n) is 12.6. The molecule has 3 atom stereocenters. The van der Waals surface area contributed by atoms with Gasteiger partial charge >= 0.3 is 12.2 Å². The van der Waals surface area contributed by atoms with Crippen LogP contribution in [0.15, 0.2) is 30.9 Å². The van der Waals surface area contributed by atoms with Crippen LogP contribution in [-0.4, -0.2) is 87.7 Å². The quantitative estimate of drug-likeness (QED) is 0.195. The molecule has 0 radical (unpaired) electrons. The van der Waals surface area contributed by atoms with Gasteiger partial charge in [-0.2, -0.15) is 23.1 Å². The zero-order chi connectivity index (χ0) is 34.1. The lowest BCUT2D eigenvalue weighted by atomic mass is 9.94. The number of carbonyl (C=O) groups is 1. The van der Waals surface area contributed by atoms with E-state index >= 15 is 4.39 Å². The molecule has 5 heterocycles. The lowest BCUT2D eigenvalue weighted by molar-refractivity contribution is -0.137. The van der Waals surface area contributed by atoms with Gasteiger partial charge in [-0.05, 0) is 50.6 Å². The average Bonchev–Trinajstić information content (AvgIpc) is 3.71. The highest BCUT2D eigenvalue weighted by atomic mass is 32.1. The lowest BCUT2D eigenvalue weighted by Crippen LogP contribution is -2.53. The molecule has 2 N–H and O–H groups in total. The number of alkyl halides is 4. The van der Waals surface area contributed by atoms with Crippen LogP contribution in [0, 0.1) is 11.6 Å². The molecule has 0 aliphatic carbocycles. The SMILES string of the molecule is C=CC(=O)N1CCN(c2nc(OC[C@]34CCCN3C[C@H](F)C4)nc3c(F)c(-c4ccc(F)c5sc(N)nc45)c(C(F)(F)F)cc23)[C@H](C)C1. The van der Waals surface area contributed by atoms with E-state index in [1.165, 1.54) is 6.08 Å². The first-order chi connectivity index (χ1) is 22.8. The Morgan fingerprint density at radius 3 is 2.69 bits per heavy atom. The van der Waals surface area contributed by atoms with Crippen LogP contribution >= 0.6 is 11.3 Å². The smallest absolute Gasteiger partial charge is 0.417 e. The van der Waals surface area contributed by atoms with Crippen molar-refractivity contribution in [3.05, 3.63) is 48.1 Å². The van der Waals surface area contributed by atoms with Crippen molar-refractivity contribution in [1.82, 2.24) is 24.8 Å². The predicted octanol–water partition coefficient (Wildman–Crippen LogP) is 5.96. The van der Waals surface area contributed by atoms with Crippen LogP contribution in [-0.2, 0) is 11.0 Å². The van der Waals surface area contributed by atoms with E-state index in [4.69, 9.17) is 10.5 Å². The number of carbonyl (C=O) groups excluding carboxylic acids is 1. The summed E-state index contributed by atoms with van der Waals surface area (Å²) in [4.78, 5) is 30.5. The number of hydrogen-bond donors (Lipinski definition) is 1. The highest BCUT2D eigenvalue weighted by molar-refractivity contribution is 7.22. The molecule has 254 valence electrons. The van der Waals surface area contributed by atoms with Gasteiger partial charge < -0.3 is 20.3 Å². The number of anilines is 2. The molecule has 9 nitrogen and oxygen atoms in total. The summed E-state index contributed by atoms with van der Waals surface area (Å²) in [5.41, 5.74) is 2.01. The zero-order valence-electron chi connectivity index (χ0n) is 25.8. The predicted molar refractivity (Wildman–Crippen MR) is 170 cm³/mol. The lowest BCUT2D eigenvalue weighted by Gasteiger charge is -2.40. The van der Waals surface area contributed by atoms with Crippen molar-refractivity contribution in [3.63, 3.8) is 0 Å². The van der Waals surface area contributed by atoms with Crippen LogP contribution in [0.25, 0.3) is 32.2 Å². The van der Waals surface area contributed by atoms with Crippen molar-refractivity contribution in [1.29, 1.82) is 0 Å². The second-order valence-corrected chi connectivity index (χ2v) is 13.6. The van der Waals surface area contributed by atoms with E-state index in [1.54, 1.807) is 16.7 Å². The fourth-order valence-electron chi connectivity index (χ4n) is 7.40. The molecule has 3 aliphatic heterocycles. The molecule has 7 rings (SSSR count). The minimum atomic E-state index is -5.06. The van der Waals surface area contributed by atoms with Crippen molar-refractivity contribution in [2.45, 2.75) is 50.1 Å². The minimum Gasteiger partial charge on any atom is -0.461 e. The van der Waals surface area contributed by atoms with Crippen molar-refractivity contribution >= 4 is 49.3 Å². The molecule has 0 spiro atoms. The van der Waals surface area contributed by atoms with E-state index < -0.39 is 52.2 Å². The Bertz CT molecular complexity index is 1950. The van der Waals surface area contributed by atoms with E-state index in [1.807, 2.05) is 4.90 Å². The number of halogens is 6. The summed E-state index contributed by atoms with van der Waals surface area (Å²) < 4.78 is 96.5. The third kappa shape index (κ3) is 5.38. The monoisotopic (exact) mass is 691 g/mol. The maximum Gasteiger partial charge on any atom is 0.417 e. The Hall–Kier alpha value is -4.18. The van der Waals surface area contributed by atoms with Gasteiger partial charge in [0.15, 0.2) is 10.9 Å². The summed E-state index contributed by atoms with van der Waals surface area (Å²) in [6, 6.07) is 2.02. The molecule has 1 amide bonds. The summed E-state index contributed by atoms with van der Waals surface area (Å²) in [5.74, 6) is -2.40. The molecule has 2 aromatic heterocycles. The maximum absolute atomic E-state index is 16.9. The number of rotatable bonds is 6. The van der Waals surface area contributed by atoms with Crippen LogP contribution in [0.4, 0.5) is 37.3 Å². The summed E-state index contributed by atoms with van der Waals surface area (Å²) >= 11 is 0.735. The van der Waals surface area contributed by atoms with Crippen molar-refractivity contribution in [2.24, 2.45) is 0 Å². The molecule has 3 aliphatic rings. The fraction of sp³-hybridized carbons (Fsp3) is 0.438. The molecule has 0 saturated carbocycles. The molecular formula is C32H31F6N7O2S. The fourth-order valence-corrected chi connectivity index (χ4v) is 8.17. The van der Waals surface area contributed by atoms with Gasteiger partial charge in [-0.25, -0.2) is 18.2 Å². The number of aromatic nitrogens is 3. The number of thiazole rings is 1. The Balaban J connectivity index is 1.42. The summed E-state index contributed by atoms with van der Waals surface area (Å²) in [7, 11) is 0. The Morgan fingerprint density at radius 1 is 1.17 bits per heavy atom. The highest BCUT2D eigenvalue weighted by Gasteiger charge is 2.49. The molecule has 2 aromatic carbocycles. The van der Waals surface area contributed by atoms with Crippen LogP contribution < -0.4 is 15.4 Å². The molecule has 0 bridgehead atoms. The Morgan fingerprint density at radius 2 is 1.96 bits per heavy atom. The second kappa shape index (κ2) is 11.8. The molecule has 3 fully saturated rings. The molecule has 48 heavy (non-hydrogen) atoms. The van der Waals surface area contributed by atoms with Crippen LogP contribution in [0.5, 0.6) is 6.01 Å². The number of nitrogens with zero attached hydrogens (tertiary/aromatic N) is 6. The number of nitrogens with two attached hydrogens (primary N) is 1. The highest BCUT2D eigenvalue weighted by Crippen LogP contribution is 2.46. The van der Waals surface area contributed by atoms with Crippen molar-refractivity contribution in [3.8, 4) is 17.1 Å². The zero-order valence-corrected chi connectivity index (χ0v) is 26.6. The van der Waals surface area contributed by atoms with Gasteiger partial charge in [-0.1, -0.05) is 17.9 Å². The van der Waals surface area contributed by atoms with E-state index in [0.29, 0.717) is 13.0 Å². The number of benzene rings is 2. The third-order valence-corrected chi connectivity index (χ3v) is 10.5. The Labute approximate surface area is 275 Å². The van der Waals surface area contributed by atoms with E-state index in [0.717, 1.165) is 36.0 Å². The van der Waals surface area contributed by atoms with Gasteiger partial charge in [0.05, 0.1) is 21.3 Å². The van der Waals surface area contributed by atoms with E-state index in [-0.39, 0.29) is 83.2 Å². The normalized spacial score (nSPS) is 23.3. The van der Waals surface area contributed by atoms with E-state index in [9.17, 15) is 26.7 Å². The Kier molecular flexibility index (Phi) is 7.93. The van der Waals surface area contributed by atoms with Gasteiger partial charge in [0, 0.05) is 55.2 Å². The van der Waals surface area contributed by atoms with Crippen LogP contribution in [0.3, 0.4) is 0 Å². The maximum atomic E-state index is 16.9. The van der Waals surface area contributed by atoms with Gasteiger partial charge in [0.2, 0.25) is 5.91 Å². The van der Waals surface area contributed by atoms with Crippen molar-refractivity contribution < 1.29 is 35.9 Å². The van der Waals surface area contributed by atoms with Gasteiger partial charge in [-0.15, -0.1) is 0 Å². The van der Waals surface area contributed by atoms with Gasteiger partial charge in [0.25, 0.3) is 0 Å². The first-order valence-electron chi connectivity index (χ1n) is 15.5. The number of amides is 1. The number of fused-ring (bicyclic) bond motifs is 3. The molecule has 3 saturated heterocycles. The van der Waals surface area contributed by atoms with Gasteiger partial charge in [0.1, 0.15) is 29.9 Å². The van der Waals surface area contributed by atoms with E-state index in [2.05, 4.69) is 21.5 Å². The first-order valence-corrected chi connectivity index (χ1v) is 16.3. The number of ether oxygens (including phenoxy) is 1. The third-order valence-electron chi connectivity index (χ3n) is 9.59. The topological polar surface area (TPSA) is 101 Å². The summed E-state index contributed by atoms with van der Waals surface area (Å²) in [6.07, 6.45) is -3.15. The molecule has 4 aromatic rings. The van der Waals surface area contributed by atoms with Crippen molar-refractivity contribution in [2.75, 3.05) is 50.0 Å². The molecule has 0 unspecified atom stereocenters. The molecule has 16 heteroatoms. The number of nitrogen functional groups attached to an aromatic ring is 1. The van der Waals surface area contributed by atoms with Crippen LogP contribution in [0.2, 0.25) is 0 Å². The van der Waals surface area contributed by atoms with Crippen LogP contribution in [0.1, 0.15) is 31.7 Å². The number of hydrogen-bond acceptors (Lipinski definition) is 9. The van der Waals surface area contributed by atoms with Gasteiger partial charge in [-0.3, -0.25) is 9.69 Å². The number of piperazine rings is 1. The molecular weight excluding hydrogens is 660 g/mol. The summed E-state index contributed by atoms with van der Waals surface area (Å²) in [5, 5.41) is -0.329. The minimum absolute atomic E-state index is 0.00132. The average molecular weight is 692 g/mol.